The molecule has 0 aliphatic carbocycles. The van der Waals surface area contributed by atoms with E-state index < -0.39 is 0 Å². The van der Waals surface area contributed by atoms with Gasteiger partial charge in [0.2, 0.25) is 0 Å². The molecule has 0 bridgehead atoms. The third-order valence-corrected chi connectivity index (χ3v) is 3.85. The highest BCUT2D eigenvalue weighted by Crippen LogP contribution is 2.17. The Bertz CT molecular complexity index is 619. The van der Waals surface area contributed by atoms with Gasteiger partial charge >= 0.3 is 0 Å². The van der Waals surface area contributed by atoms with Crippen LogP contribution >= 0.6 is 15.9 Å². The Labute approximate surface area is 145 Å². The summed E-state index contributed by atoms with van der Waals surface area (Å²) in [4.78, 5) is 13.9. The second kappa shape index (κ2) is 9.20. The molecule has 0 saturated carbocycles. The third-order valence-electron chi connectivity index (χ3n) is 3.36. The average Bonchev–Trinajstić information content (AvgIpc) is 2.57. The van der Waals surface area contributed by atoms with Crippen LogP contribution in [-0.2, 0) is 4.79 Å². The Kier molecular flexibility index (Phi) is 6.94. The number of carbonyl (C=O) groups excluding carboxylic acids is 1. The first kappa shape index (κ1) is 17.3. The molecule has 0 heterocycles. The first-order valence-electron chi connectivity index (χ1n) is 7.56. The molecule has 5 heteroatoms. The zero-order valence-corrected chi connectivity index (χ0v) is 14.8. The Morgan fingerprint density at radius 2 is 1.96 bits per heavy atom. The minimum absolute atomic E-state index is 0.0327. The van der Waals surface area contributed by atoms with Crippen LogP contribution in [0.3, 0.4) is 0 Å². The fourth-order valence-electron chi connectivity index (χ4n) is 2.11. The number of hydrogen-bond acceptors (Lipinski definition) is 3. The summed E-state index contributed by atoms with van der Waals surface area (Å²) in [7, 11) is 2.05. The van der Waals surface area contributed by atoms with E-state index in [4.69, 9.17) is 4.74 Å². The number of carbonyl (C=O) groups is 1. The van der Waals surface area contributed by atoms with Crippen LogP contribution in [0.2, 0.25) is 0 Å². The number of amides is 1. The summed E-state index contributed by atoms with van der Waals surface area (Å²) in [6, 6.07) is 17.6. The molecule has 0 aliphatic heterocycles. The van der Waals surface area contributed by atoms with Crippen molar-refractivity contribution in [3.63, 3.8) is 0 Å². The SMILES string of the molecule is CN(CCCNC(=O)COc1cccc(Br)c1)c1ccccc1. The van der Waals surface area contributed by atoms with E-state index in [1.54, 1.807) is 0 Å². The molecule has 0 aliphatic rings. The maximum atomic E-state index is 11.8. The van der Waals surface area contributed by atoms with E-state index in [-0.39, 0.29) is 12.5 Å². The van der Waals surface area contributed by atoms with Crippen LogP contribution in [-0.4, -0.2) is 32.7 Å². The minimum atomic E-state index is -0.104. The van der Waals surface area contributed by atoms with E-state index in [1.807, 2.05) is 49.5 Å². The van der Waals surface area contributed by atoms with Crippen LogP contribution in [0.4, 0.5) is 5.69 Å². The Balaban J connectivity index is 1.61. The lowest BCUT2D eigenvalue weighted by molar-refractivity contribution is -0.123. The van der Waals surface area contributed by atoms with E-state index >= 15 is 0 Å². The fraction of sp³-hybridized carbons (Fsp3) is 0.278. The quantitative estimate of drug-likeness (QED) is 0.717. The number of halogens is 1. The topological polar surface area (TPSA) is 41.6 Å². The van der Waals surface area contributed by atoms with E-state index in [0.717, 1.165) is 17.4 Å². The number of rotatable bonds is 8. The van der Waals surface area contributed by atoms with Crippen LogP contribution in [0, 0.1) is 0 Å². The van der Waals surface area contributed by atoms with Gasteiger partial charge in [0.05, 0.1) is 0 Å². The standard InChI is InChI=1S/C18H21BrN2O2/c1-21(16-8-3-2-4-9-16)12-6-11-20-18(22)14-23-17-10-5-7-15(19)13-17/h2-5,7-10,13H,6,11-12,14H2,1H3,(H,20,22). The molecule has 2 aromatic rings. The van der Waals surface area contributed by atoms with Crippen LogP contribution in [0.1, 0.15) is 6.42 Å². The molecule has 2 aromatic carbocycles. The van der Waals surface area contributed by atoms with Crippen LogP contribution in [0.25, 0.3) is 0 Å². The zero-order chi connectivity index (χ0) is 16.5. The normalized spacial score (nSPS) is 10.2. The number of ether oxygens (including phenoxy) is 1. The van der Waals surface area contributed by atoms with E-state index in [0.29, 0.717) is 12.3 Å². The highest BCUT2D eigenvalue weighted by atomic mass is 79.9. The van der Waals surface area contributed by atoms with E-state index in [9.17, 15) is 4.79 Å². The number of nitrogens with zero attached hydrogens (tertiary/aromatic N) is 1. The molecule has 0 saturated heterocycles. The molecule has 0 spiro atoms. The van der Waals surface area contributed by atoms with Crippen molar-refractivity contribution in [2.75, 3.05) is 31.6 Å². The van der Waals surface area contributed by atoms with E-state index in [1.165, 1.54) is 5.69 Å². The van der Waals surface area contributed by atoms with Crippen molar-refractivity contribution in [3.05, 3.63) is 59.1 Å². The van der Waals surface area contributed by atoms with Gasteiger partial charge in [0, 0.05) is 30.3 Å². The van der Waals surface area contributed by atoms with Gasteiger partial charge in [0.15, 0.2) is 6.61 Å². The summed E-state index contributed by atoms with van der Waals surface area (Å²) in [5.41, 5.74) is 1.18. The van der Waals surface area contributed by atoms with Gasteiger partial charge in [0.1, 0.15) is 5.75 Å². The van der Waals surface area contributed by atoms with Crippen molar-refractivity contribution in [1.82, 2.24) is 5.32 Å². The van der Waals surface area contributed by atoms with Gasteiger partial charge in [-0.25, -0.2) is 0 Å². The Morgan fingerprint density at radius 1 is 1.17 bits per heavy atom. The second-order valence-corrected chi connectivity index (χ2v) is 6.12. The first-order valence-corrected chi connectivity index (χ1v) is 8.36. The molecule has 23 heavy (non-hydrogen) atoms. The summed E-state index contributed by atoms with van der Waals surface area (Å²) in [5.74, 6) is 0.575. The molecular weight excluding hydrogens is 356 g/mol. The van der Waals surface area contributed by atoms with Crippen LogP contribution in [0.15, 0.2) is 59.1 Å². The molecular formula is C18H21BrN2O2. The molecule has 122 valence electrons. The summed E-state index contributed by atoms with van der Waals surface area (Å²) in [6.07, 6.45) is 0.883. The minimum Gasteiger partial charge on any atom is -0.484 e. The van der Waals surface area contributed by atoms with Crippen molar-refractivity contribution < 1.29 is 9.53 Å². The van der Waals surface area contributed by atoms with Gasteiger partial charge in [-0.15, -0.1) is 0 Å². The highest BCUT2D eigenvalue weighted by molar-refractivity contribution is 9.10. The molecule has 1 N–H and O–H groups in total. The maximum Gasteiger partial charge on any atom is 0.257 e. The Morgan fingerprint density at radius 3 is 2.70 bits per heavy atom. The second-order valence-electron chi connectivity index (χ2n) is 5.21. The van der Waals surface area contributed by atoms with Crippen molar-refractivity contribution in [2.45, 2.75) is 6.42 Å². The predicted octanol–water partition coefficient (Wildman–Crippen LogP) is 3.47. The number of benzene rings is 2. The molecule has 2 rings (SSSR count). The summed E-state index contributed by atoms with van der Waals surface area (Å²) < 4.78 is 6.37. The lowest BCUT2D eigenvalue weighted by atomic mass is 10.3. The number of nitrogens with one attached hydrogen (secondary N) is 1. The molecule has 0 fully saturated rings. The third kappa shape index (κ3) is 6.32. The molecule has 0 radical (unpaired) electrons. The average molecular weight is 377 g/mol. The van der Waals surface area contributed by atoms with Gasteiger partial charge in [-0.1, -0.05) is 40.2 Å². The largest absolute Gasteiger partial charge is 0.484 e. The summed E-state index contributed by atoms with van der Waals surface area (Å²) in [5, 5.41) is 2.87. The van der Waals surface area contributed by atoms with Crippen molar-refractivity contribution >= 4 is 27.5 Å². The Hall–Kier alpha value is -2.01. The first-order chi connectivity index (χ1) is 11.1. The van der Waals surface area contributed by atoms with Gasteiger partial charge in [0.25, 0.3) is 5.91 Å². The molecule has 0 aromatic heterocycles. The van der Waals surface area contributed by atoms with E-state index in [2.05, 4.69) is 38.3 Å². The predicted molar refractivity (Wildman–Crippen MR) is 97.0 cm³/mol. The van der Waals surface area contributed by atoms with Crippen molar-refractivity contribution in [2.24, 2.45) is 0 Å². The molecule has 1 amide bonds. The summed E-state index contributed by atoms with van der Waals surface area (Å²) >= 11 is 3.37. The lowest BCUT2D eigenvalue weighted by Crippen LogP contribution is -2.31. The van der Waals surface area contributed by atoms with Gasteiger partial charge in [-0.2, -0.15) is 0 Å². The number of para-hydroxylation sites is 1. The highest BCUT2D eigenvalue weighted by Gasteiger charge is 2.04. The number of anilines is 1. The summed E-state index contributed by atoms with van der Waals surface area (Å²) in [6.45, 7) is 1.56. The van der Waals surface area contributed by atoms with Gasteiger partial charge in [-0.3, -0.25) is 4.79 Å². The lowest BCUT2D eigenvalue weighted by Gasteiger charge is -2.19. The molecule has 0 unspecified atom stereocenters. The van der Waals surface area contributed by atoms with Crippen molar-refractivity contribution in [1.29, 1.82) is 0 Å². The van der Waals surface area contributed by atoms with Crippen LogP contribution in [0.5, 0.6) is 5.75 Å². The monoisotopic (exact) mass is 376 g/mol. The van der Waals surface area contributed by atoms with Crippen molar-refractivity contribution in [3.8, 4) is 5.75 Å². The molecule has 4 nitrogen and oxygen atoms in total. The zero-order valence-electron chi connectivity index (χ0n) is 13.2. The maximum absolute atomic E-state index is 11.8. The van der Waals surface area contributed by atoms with Gasteiger partial charge < -0.3 is 15.0 Å². The van der Waals surface area contributed by atoms with Gasteiger partial charge in [-0.05, 0) is 36.8 Å². The fourth-order valence-corrected chi connectivity index (χ4v) is 2.49. The number of hydrogen-bond donors (Lipinski definition) is 1. The van der Waals surface area contributed by atoms with Crippen LogP contribution < -0.4 is 15.0 Å². The molecule has 0 atom stereocenters. The smallest absolute Gasteiger partial charge is 0.257 e.